The quantitative estimate of drug-likeness (QED) is 0.0374. The summed E-state index contributed by atoms with van der Waals surface area (Å²) in [6.45, 7) is 45.3. The minimum atomic E-state index is -2.27. The number of halogens is 1. The SMILES string of the molecule is C/C(=C\I)[C@H](C/C=C(\CCC[C@H](C)[C@H](O)[C@@H](C)C(=O)C(C)(C)[C@H](CCO[Si](C)(C)C(C)(C)C)O[Si](C)(C)C(C)(C)C)COC(c1ccccc1)(c1ccccc1)c1ccccc1)O[Si](C)(C)C(C)(C)C. The number of aliphatic hydroxyl groups excluding tert-OH is 1. The summed E-state index contributed by atoms with van der Waals surface area (Å²) < 4.78 is 30.6. The number of ketones is 1. The van der Waals surface area contributed by atoms with E-state index in [-0.39, 0.29) is 39.0 Å². The summed E-state index contributed by atoms with van der Waals surface area (Å²) in [7, 11) is -6.39. The Morgan fingerprint density at radius 1 is 0.657 bits per heavy atom. The third kappa shape index (κ3) is 16.2. The summed E-state index contributed by atoms with van der Waals surface area (Å²) >= 11 is 2.35. The molecular formula is C60H97IO6Si3. The Hall–Kier alpha value is -2.01. The number of hydrogen-bond donors (Lipinski definition) is 1. The van der Waals surface area contributed by atoms with Crippen molar-refractivity contribution in [3.63, 3.8) is 0 Å². The van der Waals surface area contributed by atoms with Crippen molar-refractivity contribution in [3.05, 3.63) is 129 Å². The van der Waals surface area contributed by atoms with Crippen LogP contribution in [-0.2, 0) is 28.4 Å². The van der Waals surface area contributed by atoms with Gasteiger partial charge in [-0.3, -0.25) is 4.79 Å². The van der Waals surface area contributed by atoms with Crippen LogP contribution < -0.4 is 0 Å². The fraction of sp³-hybridized carbons (Fsp3) is 0.617. The number of hydrogen-bond acceptors (Lipinski definition) is 6. The molecule has 0 heterocycles. The Bertz CT molecular complexity index is 2020. The highest BCUT2D eigenvalue weighted by Crippen LogP contribution is 2.45. The van der Waals surface area contributed by atoms with Crippen LogP contribution in [0.25, 0.3) is 0 Å². The van der Waals surface area contributed by atoms with Gasteiger partial charge in [0, 0.05) is 17.9 Å². The predicted molar refractivity (Wildman–Crippen MR) is 315 cm³/mol. The maximum atomic E-state index is 14.8. The van der Waals surface area contributed by atoms with E-state index in [0.717, 1.165) is 42.4 Å². The molecule has 70 heavy (non-hydrogen) atoms. The first-order valence-electron chi connectivity index (χ1n) is 26.1. The van der Waals surface area contributed by atoms with Gasteiger partial charge in [0.25, 0.3) is 0 Å². The van der Waals surface area contributed by atoms with Crippen LogP contribution >= 0.6 is 22.6 Å². The highest BCUT2D eigenvalue weighted by atomic mass is 127. The molecule has 0 spiro atoms. The van der Waals surface area contributed by atoms with Gasteiger partial charge in [0.2, 0.25) is 0 Å². The predicted octanol–water partition coefficient (Wildman–Crippen LogP) is 17.2. The molecule has 5 atom stereocenters. The van der Waals surface area contributed by atoms with Gasteiger partial charge < -0.3 is 23.1 Å². The number of ether oxygens (including phenoxy) is 1. The molecule has 0 saturated heterocycles. The molecular weight excluding hydrogens is 1030 g/mol. The van der Waals surface area contributed by atoms with Crippen molar-refractivity contribution < 1.29 is 27.9 Å². The average Bonchev–Trinajstić information content (AvgIpc) is 3.28. The van der Waals surface area contributed by atoms with Crippen LogP contribution in [0.1, 0.15) is 146 Å². The molecule has 0 amide bonds. The molecule has 0 aliphatic carbocycles. The number of rotatable bonds is 26. The molecule has 1 N–H and O–H groups in total. The Kier molecular flexibility index (Phi) is 22.7. The zero-order valence-corrected chi connectivity index (χ0v) is 52.7. The highest BCUT2D eigenvalue weighted by Gasteiger charge is 2.48. The van der Waals surface area contributed by atoms with E-state index in [1.54, 1.807) is 0 Å². The molecule has 0 fully saturated rings. The number of carbonyl (C=O) groups is 1. The first kappa shape index (κ1) is 62.3. The van der Waals surface area contributed by atoms with Crippen LogP contribution in [-0.4, -0.2) is 67.4 Å². The van der Waals surface area contributed by atoms with Gasteiger partial charge in [0.1, 0.15) is 11.4 Å². The minimum Gasteiger partial charge on any atom is -0.417 e. The molecule has 392 valence electrons. The first-order valence-corrected chi connectivity index (χ1v) is 36.1. The minimum absolute atomic E-state index is 0.0291. The second kappa shape index (κ2) is 25.5. The van der Waals surface area contributed by atoms with Gasteiger partial charge in [-0.25, -0.2) is 0 Å². The Balaban J connectivity index is 1.98. The zero-order chi connectivity index (χ0) is 53.1. The van der Waals surface area contributed by atoms with E-state index in [1.807, 2.05) is 20.8 Å². The first-order chi connectivity index (χ1) is 32.2. The van der Waals surface area contributed by atoms with Crippen molar-refractivity contribution in [1.82, 2.24) is 0 Å². The third-order valence-corrected chi connectivity index (χ3v) is 31.0. The van der Waals surface area contributed by atoms with Gasteiger partial charge in [-0.1, -0.05) is 210 Å². The summed E-state index contributed by atoms with van der Waals surface area (Å²) in [5.41, 5.74) is 3.89. The largest absolute Gasteiger partial charge is 0.417 e. The van der Waals surface area contributed by atoms with E-state index in [0.29, 0.717) is 19.6 Å². The molecule has 3 aromatic carbocycles. The molecule has 0 bridgehead atoms. The molecule has 10 heteroatoms. The highest BCUT2D eigenvalue weighted by molar-refractivity contribution is 14.1. The Morgan fingerprint density at radius 2 is 1.09 bits per heavy atom. The molecule has 0 radical (unpaired) electrons. The second-order valence-corrected chi connectivity index (χ2v) is 40.3. The van der Waals surface area contributed by atoms with Gasteiger partial charge >= 0.3 is 0 Å². The number of benzene rings is 3. The lowest BCUT2D eigenvalue weighted by Crippen LogP contribution is -2.52. The van der Waals surface area contributed by atoms with Crippen LogP contribution in [0, 0.1) is 17.3 Å². The van der Waals surface area contributed by atoms with Gasteiger partial charge in [-0.2, -0.15) is 0 Å². The van der Waals surface area contributed by atoms with Crippen molar-refractivity contribution in [2.45, 2.75) is 207 Å². The van der Waals surface area contributed by atoms with Gasteiger partial charge in [0.15, 0.2) is 25.0 Å². The van der Waals surface area contributed by atoms with Crippen molar-refractivity contribution in [2.24, 2.45) is 17.3 Å². The molecule has 0 aliphatic heterocycles. The van der Waals surface area contributed by atoms with Gasteiger partial charge in [-0.15, -0.1) is 0 Å². The van der Waals surface area contributed by atoms with Gasteiger partial charge in [0.05, 0.1) is 24.9 Å². The van der Waals surface area contributed by atoms with Crippen molar-refractivity contribution in [2.75, 3.05) is 13.2 Å². The van der Waals surface area contributed by atoms with E-state index in [4.69, 9.17) is 18.0 Å². The lowest BCUT2D eigenvalue weighted by molar-refractivity contribution is -0.141. The van der Waals surface area contributed by atoms with Crippen molar-refractivity contribution >= 4 is 53.3 Å². The molecule has 3 rings (SSSR count). The maximum absolute atomic E-state index is 14.8. The summed E-state index contributed by atoms with van der Waals surface area (Å²) in [5, 5.41) is 12.2. The van der Waals surface area contributed by atoms with E-state index < -0.39 is 48.0 Å². The topological polar surface area (TPSA) is 74.2 Å². The molecule has 0 aliphatic rings. The fourth-order valence-electron chi connectivity index (χ4n) is 8.36. The van der Waals surface area contributed by atoms with Crippen LogP contribution in [0.15, 0.2) is 112 Å². The van der Waals surface area contributed by atoms with Crippen LogP contribution in [0.2, 0.25) is 54.4 Å². The number of aliphatic hydroxyl groups is 1. The lowest BCUT2D eigenvalue weighted by atomic mass is 9.73. The normalized spacial score (nSPS) is 16.4. The molecule has 3 aromatic rings. The summed E-state index contributed by atoms with van der Waals surface area (Å²) in [6, 6.07) is 31.7. The van der Waals surface area contributed by atoms with E-state index in [1.165, 1.54) is 11.1 Å². The Labute approximate surface area is 445 Å². The van der Waals surface area contributed by atoms with Crippen molar-refractivity contribution in [3.8, 4) is 0 Å². The fourth-order valence-corrected chi connectivity index (χ4v) is 12.6. The van der Waals surface area contributed by atoms with E-state index in [9.17, 15) is 9.90 Å². The standard InChI is InChI=1S/C60H97IO6Si3/c1-45(54(62)47(3)55(63)59(13,14)53(67-70(19,20)58(10,11)12)41-42-65-68(15,16)56(4,5)6)31-30-32-48(39-40-52(46(2)43-61)66-69(17,18)57(7,8)9)44-64-60(49-33-24-21-25-34-49,50-35-26-22-27-36-50)51-37-28-23-29-38-51/h21-29,33-39,43,45,47,52-54,62H,30-32,40-42,44H2,1-20H3/b46-43+,48-39+/t45-,47+,52-,53-,54-/m0/s1. The summed E-state index contributed by atoms with van der Waals surface area (Å²) in [4.78, 5) is 14.8. The average molecular weight is 1130 g/mol. The second-order valence-electron chi connectivity index (χ2n) is 25.4. The monoisotopic (exact) mass is 1120 g/mol. The third-order valence-electron chi connectivity index (χ3n) is 16.6. The summed E-state index contributed by atoms with van der Waals surface area (Å²) in [6.07, 6.45) is 4.85. The number of Topliss-reactive ketones (excluding diaryl/α,β-unsaturated/α-hetero) is 1. The van der Waals surface area contributed by atoms with Crippen LogP contribution in [0.5, 0.6) is 0 Å². The lowest BCUT2D eigenvalue weighted by Gasteiger charge is -2.45. The van der Waals surface area contributed by atoms with Crippen molar-refractivity contribution in [1.29, 1.82) is 0 Å². The smallest absolute Gasteiger partial charge is 0.192 e. The molecule has 0 aromatic heterocycles. The van der Waals surface area contributed by atoms with Crippen LogP contribution in [0.3, 0.4) is 0 Å². The molecule has 0 unspecified atom stereocenters. The zero-order valence-electron chi connectivity index (χ0n) is 47.5. The van der Waals surface area contributed by atoms with E-state index >= 15 is 0 Å². The van der Waals surface area contributed by atoms with Gasteiger partial charge in [-0.05, 0) is 131 Å². The van der Waals surface area contributed by atoms with Crippen LogP contribution in [0.4, 0.5) is 0 Å². The molecule has 6 nitrogen and oxygen atoms in total. The summed E-state index contributed by atoms with van der Waals surface area (Å²) in [5.74, 6) is -0.647. The maximum Gasteiger partial charge on any atom is 0.192 e. The molecule has 0 saturated carbocycles. The Morgan fingerprint density at radius 3 is 1.50 bits per heavy atom. The number of carbonyl (C=O) groups excluding carboxylic acids is 1. The van der Waals surface area contributed by atoms with E-state index in [2.05, 4.69) is 239 Å².